The molecule has 180 valence electrons. The van der Waals surface area contributed by atoms with Gasteiger partial charge >= 0.3 is 10.8 Å². The van der Waals surface area contributed by atoms with Crippen LogP contribution >= 0.6 is 11.3 Å². The highest BCUT2D eigenvalue weighted by Gasteiger charge is 2.36. The smallest absolute Gasteiger partial charge is 0.310 e. The second-order valence-electron chi connectivity index (χ2n) is 8.61. The van der Waals surface area contributed by atoms with Crippen LogP contribution in [-0.4, -0.2) is 66.9 Å². The van der Waals surface area contributed by atoms with E-state index in [2.05, 4.69) is 0 Å². The van der Waals surface area contributed by atoms with Crippen LogP contribution in [0.2, 0.25) is 0 Å². The third-order valence-electron chi connectivity index (χ3n) is 6.56. The number of hydrogen-bond acceptors (Lipinski definition) is 7. The van der Waals surface area contributed by atoms with Gasteiger partial charge in [-0.25, -0.2) is 8.42 Å². The van der Waals surface area contributed by atoms with Gasteiger partial charge in [-0.2, -0.15) is 4.31 Å². The van der Waals surface area contributed by atoms with Crippen molar-refractivity contribution in [2.75, 3.05) is 32.8 Å². The first-order valence-corrected chi connectivity index (χ1v) is 13.5. The minimum atomic E-state index is -3.71. The molecule has 2 fully saturated rings. The number of hydrogen-bond donors (Lipinski definition) is 0. The number of aromatic nitrogens is 1. The number of esters is 1. The van der Waals surface area contributed by atoms with Gasteiger partial charge in [0.25, 0.3) is 0 Å². The van der Waals surface area contributed by atoms with E-state index in [1.54, 1.807) is 31.0 Å². The molecule has 0 spiro atoms. The second kappa shape index (κ2) is 9.55. The van der Waals surface area contributed by atoms with Crippen molar-refractivity contribution in [3.05, 3.63) is 27.9 Å². The molecule has 1 aromatic heterocycles. The van der Waals surface area contributed by atoms with E-state index in [9.17, 15) is 22.8 Å². The number of rotatable bonds is 5. The summed E-state index contributed by atoms with van der Waals surface area (Å²) in [6.45, 7) is 3.61. The second-order valence-corrected chi connectivity index (χ2v) is 11.5. The highest BCUT2D eigenvalue weighted by Crippen LogP contribution is 2.29. The Balaban J connectivity index is 1.40. The quantitative estimate of drug-likeness (QED) is 0.586. The van der Waals surface area contributed by atoms with Crippen LogP contribution in [-0.2, 0) is 31.4 Å². The molecule has 1 aromatic carbocycles. The molecule has 0 bridgehead atoms. The molecule has 4 rings (SSSR count). The number of carbonyl (C=O) groups excluding carboxylic acids is 2. The Hall–Kier alpha value is -2.24. The van der Waals surface area contributed by atoms with Crippen molar-refractivity contribution in [1.29, 1.82) is 0 Å². The zero-order valence-corrected chi connectivity index (χ0v) is 20.5. The number of likely N-dealkylation sites (tertiary alicyclic amines) is 1. The Kier molecular flexibility index (Phi) is 6.92. The van der Waals surface area contributed by atoms with Crippen molar-refractivity contribution in [3.63, 3.8) is 0 Å². The minimum absolute atomic E-state index is 0.00322. The predicted molar refractivity (Wildman–Crippen MR) is 124 cm³/mol. The fourth-order valence-corrected chi connectivity index (χ4v) is 7.14. The van der Waals surface area contributed by atoms with Crippen molar-refractivity contribution in [2.24, 2.45) is 18.9 Å². The number of fused-ring (bicyclic) bond motifs is 1. The number of benzene rings is 1. The summed E-state index contributed by atoms with van der Waals surface area (Å²) in [5.41, 5.74) is 0.705. The highest BCUT2D eigenvalue weighted by atomic mass is 32.2. The number of nitrogens with zero attached hydrogens (tertiary/aromatic N) is 3. The van der Waals surface area contributed by atoms with Crippen molar-refractivity contribution < 1.29 is 22.7 Å². The van der Waals surface area contributed by atoms with E-state index in [-0.39, 0.29) is 46.6 Å². The third-order valence-corrected chi connectivity index (χ3v) is 9.45. The maximum absolute atomic E-state index is 13.2. The normalized spacial score (nSPS) is 20.8. The molecule has 1 unspecified atom stereocenters. The van der Waals surface area contributed by atoms with E-state index in [1.807, 2.05) is 0 Å². The van der Waals surface area contributed by atoms with Gasteiger partial charge in [0.1, 0.15) is 0 Å². The van der Waals surface area contributed by atoms with Gasteiger partial charge in [0.2, 0.25) is 15.9 Å². The van der Waals surface area contributed by atoms with Crippen LogP contribution in [0.15, 0.2) is 27.9 Å². The first kappa shape index (κ1) is 23.9. The van der Waals surface area contributed by atoms with E-state index in [4.69, 9.17) is 4.74 Å². The molecule has 11 heteroatoms. The SMILES string of the molecule is CCOC(=O)C1CCCN(C(=O)C2CCN(S(=O)(=O)c3ccc4c(c3)sc(=O)n4C)CC2)C1. The van der Waals surface area contributed by atoms with Crippen LogP contribution in [0.5, 0.6) is 0 Å². The predicted octanol–water partition coefficient (Wildman–Crippen LogP) is 1.80. The van der Waals surface area contributed by atoms with E-state index >= 15 is 0 Å². The van der Waals surface area contributed by atoms with Gasteiger partial charge in [-0.1, -0.05) is 11.3 Å². The summed E-state index contributed by atoms with van der Waals surface area (Å²) in [5.74, 6) is -0.793. The van der Waals surface area contributed by atoms with Crippen LogP contribution < -0.4 is 4.87 Å². The topological polar surface area (TPSA) is 106 Å². The number of carbonyl (C=O) groups is 2. The molecular weight excluding hydrogens is 466 g/mol. The number of ether oxygens (including phenoxy) is 1. The standard InChI is InChI=1S/C22H29N3O6S2/c1-3-31-21(27)16-5-4-10-24(14-16)20(26)15-8-11-25(12-9-15)33(29,30)17-6-7-18-19(13-17)32-22(28)23(18)2/h6-7,13,15-16H,3-5,8-12,14H2,1-2H3. The maximum atomic E-state index is 13.2. The van der Waals surface area contributed by atoms with Gasteiger partial charge in [-0.05, 0) is 50.8 Å². The number of sulfonamides is 1. The van der Waals surface area contributed by atoms with Gasteiger partial charge in [0.05, 0.1) is 27.6 Å². The Morgan fingerprint density at radius 2 is 1.85 bits per heavy atom. The summed E-state index contributed by atoms with van der Waals surface area (Å²) in [4.78, 5) is 38.8. The first-order chi connectivity index (χ1) is 15.7. The molecule has 1 atom stereocenters. The minimum Gasteiger partial charge on any atom is -0.466 e. The molecular formula is C22H29N3O6S2. The lowest BCUT2D eigenvalue weighted by Crippen LogP contribution is -2.48. The lowest BCUT2D eigenvalue weighted by Gasteiger charge is -2.36. The van der Waals surface area contributed by atoms with Gasteiger partial charge < -0.3 is 14.2 Å². The first-order valence-electron chi connectivity index (χ1n) is 11.3. The average Bonchev–Trinajstić information content (AvgIpc) is 3.11. The molecule has 2 aromatic rings. The lowest BCUT2D eigenvalue weighted by atomic mass is 9.93. The Labute approximate surface area is 197 Å². The van der Waals surface area contributed by atoms with Crippen LogP contribution in [0.4, 0.5) is 0 Å². The Morgan fingerprint density at radius 3 is 2.55 bits per heavy atom. The number of amides is 1. The van der Waals surface area contributed by atoms with Crippen LogP contribution in [0.25, 0.3) is 10.2 Å². The zero-order chi connectivity index (χ0) is 23.8. The number of aryl methyl sites for hydroxylation is 1. The van der Waals surface area contributed by atoms with Gasteiger partial charge in [0.15, 0.2) is 0 Å². The number of piperidine rings is 2. The fourth-order valence-electron chi connectivity index (χ4n) is 4.65. The molecule has 0 radical (unpaired) electrons. The summed E-state index contributed by atoms with van der Waals surface area (Å²) >= 11 is 1.02. The van der Waals surface area contributed by atoms with Gasteiger partial charge in [-0.15, -0.1) is 0 Å². The Morgan fingerprint density at radius 1 is 1.12 bits per heavy atom. The average molecular weight is 496 g/mol. The summed E-state index contributed by atoms with van der Waals surface area (Å²) < 4.78 is 35.0. The summed E-state index contributed by atoms with van der Waals surface area (Å²) in [6, 6.07) is 4.74. The largest absolute Gasteiger partial charge is 0.466 e. The maximum Gasteiger partial charge on any atom is 0.310 e. The van der Waals surface area contributed by atoms with E-state index in [1.165, 1.54) is 14.9 Å². The molecule has 0 saturated carbocycles. The highest BCUT2D eigenvalue weighted by molar-refractivity contribution is 7.89. The molecule has 0 N–H and O–H groups in total. The van der Waals surface area contributed by atoms with Crippen molar-refractivity contribution in [1.82, 2.24) is 13.8 Å². The molecule has 9 nitrogen and oxygen atoms in total. The monoisotopic (exact) mass is 495 g/mol. The molecule has 2 aliphatic heterocycles. The molecule has 33 heavy (non-hydrogen) atoms. The van der Waals surface area contributed by atoms with E-state index in [0.717, 1.165) is 24.2 Å². The molecule has 0 aliphatic carbocycles. The van der Waals surface area contributed by atoms with Crippen molar-refractivity contribution in [2.45, 2.75) is 37.5 Å². The molecule has 2 aliphatic rings. The zero-order valence-electron chi connectivity index (χ0n) is 18.9. The number of thiazole rings is 1. The van der Waals surface area contributed by atoms with Crippen LogP contribution in [0.3, 0.4) is 0 Å². The molecule has 2 saturated heterocycles. The third kappa shape index (κ3) is 4.71. The Bertz CT molecular complexity index is 1210. The fraction of sp³-hybridized carbons (Fsp3) is 0.591. The van der Waals surface area contributed by atoms with Crippen LogP contribution in [0.1, 0.15) is 32.6 Å². The molecule has 1 amide bonds. The van der Waals surface area contributed by atoms with Crippen LogP contribution in [0, 0.1) is 11.8 Å². The van der Waals surface area contributed by atoms with Crippen molar-refractivity contribution >= 4 is 43.5 Å². The van der Waals surface area contributed by atoms with Gasteiger partial charge in [0, 0.05) is 39.1 Å². The lowest BCUT2D eigenvalue weighted by molar-refractivity contribution is -0.152. The van der Waals surface area contributed by atoms with E-state index in [0.29, 0.717) is 42.8 Å². The molecule has 3 heterocycles. The van der Waals surface area contributed by atoms with E-state index < -0.39 is 10.0 Å². The summed E-state index contributed by atoms with van der Waals surface area (Å²) in [7, 11) is -2.05. The van der Waals surface area contributed by atoms with Gasteiger partial charge in [-0.3, -0.25) is 14.4 Å². The van der Waals surface area contributed by atoms with Crippen molar-refractivity contribution in [3.8, 4) is 0 Å². The summed E-state index contributed by atoms with van der Waals surface area (Å²) in [5, 5.41) is 0. The summed E-state index contributed by atoms with van der Waals surface area (Å²) in [6.07, 6.45) is 2.37.